The van der Waals surface area contributed by atoms with Crippen molar-refractivity contribution in [3.63, 3.8) is 0 Å². The molecule has 0 N–H and O–H groups in total. The third kappa shape index (κ3) is 4.76. The molecule has 0 radical (unpaired) electrons. The first-order valence-corrected chi connectivity index (χ1v) is 7.68. The molecule has 126 valence electrons. The maximum absolute atomic E-state index is 13.0. The SMILES string of the molecule is C[C@@H](OC(=O)COc1ccc(F)cc1Br)c1cccc([N+](=O)[O-])c1. The van der Waals surface area contributed by atoms with E-state index in [9.17, 15) is 19.3 Å². The zero-order valence-corrected chi connectivity index (χ0v) is 14.2. The molecule has 0 saturated carbocycles. The summed E-state index contributed by atoms with van der Waals surface area (Å²) >= 11 is 3.13. The van der Waals surface area contributed by atoms with E-state index in [1.165, 1.54) is 36.4 Å². The Kier molecular flexibility index (Phi) is 5.86. The van der Waals surface area contributed by atoms with Gasteiger partial charge in [0.25, 0.3) is 5.69 Å². The van der Waals surface area contributed by atoms with E-state index < -0.39 is 22.8 Å². The number of halogens is 2. The van der Waals surface area contributed by atoms with E-state index in [4.69, 9.17) is 9.47 Å². The Balaban J connectivity index is 1.94. The lowest BCUT2D eigenvalue weighted by Crippen LogP contribution is -2.17. The van der Waals surface area contributed by atoms with Gasteiger partial charge < -0.3 is 9.47 Å². The van der Waals surface area contributed by atoms with Crippen molar-refractivity contribution < 1.29 is 23.6 Å². The highest BCUT2D eigenvalue weighted by atomic mass is 79.9. The number of benzene rings is 2. The van der Waals surface area contributed by atoms with Crippen LogP contribution < -0.4 is 4.74 Å². The standard InChI is InChI=1S/C16H13BrFNO5/c1-10(11-3-2-4-13(7-11)19(21)22)24-16(20)9-23-15-6-5-12(18)8-14(15)17/h2-8,10H,9H2,1H3/t10-/m1/s1. The quantitative estimate of drug-likeness (QED) is 0.415. The molecule has 0 aliphatic carbocycles. The number of esters is 1. The number of hydrogen-bond acceptors (Lipinski definition) is 5. The van der Waals surface area contributed by atoms with Gasteiger partial charge in [0.05, 0.1) is 9.40 Å². The monoisotopic (exact) mass is 397 g/mol. The van der Waals surface area contributed by atoms with Crippen molar-refractivity contribution in [1.29, 1.82) is 0 Å². The topological polar surface area (TPSA) is 78.7 Å². The van der Waals surface area contributed by atoms with Gasteiger partial charge in [0.2, 0.25) is 0 Å². The van der Waals surface area contributed by atoms with E-state index in [2.05, 4.69) is 15.9 Å². The second-order valence-electron chi connectivity index (χ2n) is 4.85. The number of nitrogens with zero attached hydrogens (tertiary/aromatic N) is 1. The van der Waals surface area contributed by atoms with Crippen LogP contribution in [-0.2, 0) is 9.53 Å². The maximum Gasteiger partial charge on any atom is 0.344 e. The van der Waals surface area contributed by atoms with E-state index in [0.29, 0.717) is 15.8 Å². The van der Waals surface area contributed by atoms with Crippen LogP contribution in [0.5, 0.6) is 5.75 Å². The Hall–Kier alpha value is -2.48. The number of non-ortho nitro benzene ring substituents is 1. The third-order valence-corrected chi connectivity index (χ3v) is 3.72. The highest BCUT2D eigenvalue weighted by molar-refractivity contribution is 9.10. The molecule has 0 fully saturated rings. The fourth-order valence-electron chi connectivity index (χ4n) is 1.92. The number of carbonyl (C=O) groups is 1. The zero-order valence-electron chi connectivity index (χ0n) is 12.6. The molecule has 2 rings (SSSR count). The minimum atomic E-state index is -0.669. The summed E-state index contributed by atoms with van der Waals surface area (Å²) in [5.74, 6) is -0.780. The minimum Gasteiger partial charge on any atom is -0.481 e. The Morgan fingerprint density at radius 3 is 2.75 bits per heavy atom. The molecule has 0 aliphatic heterocycles. The van der Waals surface area contributed by atoms with E-state index in [0.717, 1.165) is 0 Å². The first-order chi connectivity index (χ1) is 11.4. The summed E-state index contributed by atoms with van der Waals surface area (Å²) in [5, 5.41) is 10.8. The molecular weight excluding hydrogens is 385 g/mol. The van der Waals surface area contributed by atoms with Gasteiger partial charge in [0, 0.05) is 12.1 Å². The van der Waals surface area contributed by atoms with Gasteiger partial charge in [-0.2, -0.15) is 0 Å². The van der Waals surface area contributed by atoms with Crippen molar-refractivity contribution in [3.05, 3.63) is 68.4 Å². The minimum absolute atomic E-state index is 0.0816. The van der Waals surface area contributed by atoms with Crippen LogP contribution in [0.1, 0.15) is 18.6 Å². The normalized spacial score (nSPS) is 11.6. The van der Waals surface area contributed by atoms with Gasteiger partial charge >= 0.3 is 5.97 Å². The van der Waals surface area contributed by atoms with E-state index >= 15 is 0 Å². The molecule has 1 atom stereocenters. The second-order valence-corrected chi connectivity index (χ2v) is 5.70. The molecule has 0 bridgehead atoms. The van der Waals surface area contributed by atoms with Crippen LogP contribution in [0.2, 0.25) is 0 Å². The van der Waals surface area contributed by atoms with Crippen molar-refractivity contribution in [2.24, 2.45) is 0 Å². The van der Waals surface area contributed by atoms with E-state index in [1.54, 1.807) is 13.0 Å². The van der Waals surface area contributed by atoms with Crippen LogP contribution in [0.4, 0.5) is 10.1 Å². The van der Waals surface area contributed by atoms with Crippen LogP contribution in [0, 0.1) is 15.9 Å². The van der Waals surface area contributed by atoms with Gasteiger partial charge in [-0.15, -0.1) is 0 Å². The molecule has 0 spiro atoms. The molecule has 0 saturated heterocycles. The highest BCUT2D eigenvalue weighted by Crippen LogP contribution is 2.26. The third-order valence-electron chi connectivity index (χ3n) is 3.10. The lowest BCUT2D eigenvalue weighted by atomic mass is 10.1. The molecule has 0 unspecified atom stereocenters. The summed E-state index contributed by atoms with van der Waals surface area (Å²) in [4.78, 5) is 22.1. The van der Waals surface area contributed by atoms with Crippen LogP contribution >= 0.6 is 15.9 Å². The number of hydrogen-bond donors (Lipinski definition) is 0. The first kappa shape index (κ1) is 17.9. The van der Waals surface area contributed by atoms with Crippen molar-refractivity contribution in [3.8, 4) is 5.75 Å². The zero-order chi connectivity index (χ0) is 17.7. The van der Waals surface area contributed by atoms with Crippen LogP contribution in [-0.4, -0.2) is 17.5 Å². The Morgan fingerprint density at radius 2 is 2.08 bits per heavy atom. The lowest BCUT2D eigenvalue weighted by Gasteiger charge is -2.14. The fourth-order valence-corrected chi connectivity index (χ4v) is 2.38. The summed E-state index contributed by atoms with van der Waals surface area (Å²) in [5.41, 5.74) is 0.419. The first-order valence-electron chi connectivity index (χ1n) is 6.88. The van der Waals surface area contributed by atoms with Crippen LogP contribution in [0.25, 0.3) is 0 Å². The Bertz CT molecular complexity index is 768. The molecule has 6 nitrogen and oxygen atoms in total. The van der Waals surface area contributed by atoms with Crippen LogP contribution in [0.3, 0.4) is 0 Å². The number of ether oxygens (including phenoxy) is 2. The lowest BCUT2D eigenvalue weighted by molar-refractivity contribution is -0.385. The Morgan fingerprint density at radius 1 is 1.33 bits per heavy atom. The average molecular weight is 398 g/mol. The van der Waals surface area contributed by atoms with Gasteiger partial charge in [0.1, 0.15) is 17.7 Å². The maximum atomic E-state index is 13.0. The molecule has 8 heteroatoms. The number of nitro groups is 1. The van der Waals surface area contributed by atoms with Gasteiger partial charge in [-0.25, -0.2) is 9.18 Å². The highest BCUT2D eigenvalue weighted by Gasteiger charge is 2.16. The van der Waals surface area contributed by atoms with Gasteiger partial charge in [0.15, 0.2) is 6.61 Å². The number of rotatable bonds is 6. The molecular formula is C16H13BrFNO5. The Labute approximate surface area is 145 Å². The summed E-state index contributed by atoms with van der Waals surface area (Å²) in [6.07, 6.45) is -0.669. The van der Waals surface area contributed by atoms with Crippen molar-refractivity contribution in [2.75, 3.05) is 6.61 Å². The molecule has 0 heterocycles. The molecule has 0 aliphatic rings. The summed E-state index contributed by atoms with van der Waals surface area (Å²) in [7, 11) is 0. The average Bonchev–Trinajstić information content (AvgIpc) is 2.54. The summed E-state index contributed by atoms with van der Waals surface area (Å²) in [6.45, 7) is 1.23. The van der Waals surface area contributed by atoms with Crippen molar-refractivity contribution in [1.82, 2.24) is 0 Å². The molecule has 2 aromatic carbocycles. The second kappa shape index (κ2) is 7.87. The number of carbonyl (C=O) groups excluding carboxylic acids is 1. The van der Waals surface area contributed by atoms with Gasteiger partial charge in [-0.3, -0.25) is 10.1 Å². The van der Waals surface area contributed by atoms with Gasteiger partial charge in [-0.05, 0) is 46.6 Å². The fraction of sp³-hybridized carbons (Fsp3) is 0.188. The predicted octanol–water partition coefficient (Wildman–Crippen LogP) is 4.18. The predicted molar refractivity (Wildman–Crippen MR) is 87.2 cm³/mol. The van der Waals surface area contributed by atoms with E-state index in [1.807, 2.05) is 0 Å². The van der Waals surface area contributed by atoms with E-state index in [-0.39, 0.29) is 12.3 Å². The largest absolute Gasteiger partial charge is 0.481 e. The van der Waals surface area contributed by atoms with Crippen molar-refractivity contribution in [2.45, 2.75) is 13.0 Å². The smallest absolute Gasteiger partial charge is 0.344 e. The summed E-state index contributed by atoms with van der Waals surface area (Å²) in [6, 6.07) is 9.65. The molecule has 0 amide bonds. The van der Waals surface area contributed by atoms with Gasteiger partial charge in [-0.1, -0.05) is 12.1 Å². The summed E-state index contributed by atoms with van der Waals surface area (Å²) < 4.78 is 23.8. The number of nitro benzene ring substituents is 1. The molecule has 24 heavy (non-hydrogen) atoms. The molecule has 0 aromatic heterocycles. The molecule has 2 aromatic rings. The van der Waals surface area contributed by atoms with Crippen LogP contribution in [0.15, 0.2) is 46.9 Å². The van der Waals surface area contributed by atoms with Crippen molar-refractivity contribution >= 4 is 27.6 Å².